The van der Waals surface area contributed by atoms with Gasteiger partial charge in [0.1, 0.15) is 29.5 Å². The molecule has 6 rings (SSSR count). The lowest BCUT2D eigenvalue weighted by Crippen LogP contribution is -2.11. The summed E-state index contributed by atoms with van der Waals surface area (Å²) in [7, 11) is 0. The lowest BCUT2D eigenvalue weighted by Gasteiger charge is -2.20. The Morgan fingerprint density at radius 1 is 0.600 bits per heavy atom. The maximum atomic E-state index is 12.8. The summed E-state index contributed by atoms with van der Waals surface area (Å²) in [5, 5.41) is 17.7. The smallest absolute Gasteiger partial charge is 0.416 e. The van der Waals surface area contributed by atoms with Crippen LogP contribution in [0.5, 0.6) is 17.2 Å². The molecule has 0 aliphatic carbocycles. The van der Waals surface area contributed by atoms with Gasteiger partial charge in [-0.2, -0.15) is 26.3 Å². The first kappa shape index (κ1) is 49.1. The molecule has 4 aromatic carbocycles. The minimum Gasteiger partial charge on any atom is -0.484 e. The van der Waals surface area contributed by atoms with Crippen LogP contribution in [0.2, 0.25) is 0 Å². The van der Waals surface area contributed by atoms with Crippen molar-refractivity contribution in [3.63, 3.8) is 0 Å². The summed E-state index contributed by atoms with van der Waals surface area (Å²) in [5.74, 6) is -0.322. The van der Waals surface area contributed by atoms with Gasteiger partial charge in [0.25, 0.3) is 0 Å². The van der Waals surface area contributed by atoms with Crippen molar-refractivity contribution >= 4 is 11.9 Å². The minimum absolute atomic E-state index is 0.0593. The number of aromatic nitrogens is 2. The minimum atomic E-state index is -4.39. The highest BCUT2D eigenvalue weighted by atomic mass is 19.4. The van der Waals surface area contributed by atoms with Crippen molar-refractivity contribution in [1.82, 2.24) is 9.97 Å². The molecule has 2 aromatic heterocycles. The molecule has 6 aromatic rings. The number of hydrogen-bond donors (Lipinski definition) is 2. The van der Waals surface area contributed by atoms with E-state index in [0.29, 0.717) is 63.1 Å². The second kappa shape index (κ2) is 22.6. The van der Waals surface area contributed by atoms with Gasteiger partial charge in [0.05, 0.1) is 40.3 Å². The molecule has 0 aliphatic rings. The molecule has 2 unspecified atom stereocenters. The number of aryl methyl sites for hydroxylation is 1. The fourth-order valence-corrected chi connectivity index (χ4v) is 6.61. The number of carboxylic acids is 2. The van der Waals surface area contributed by atoms with E-state index < -0.39 is 42.0 Å². The molecule has 0 fully saturated rings. The number of pyridine rings is 2. The number of unbranched alkanes of at least 4 members (excludes halogenated alkanes) is 1. The van der Waals surface area contributed by atoms with Crippen molar-refractivity contribution in [2.45, 2.75) is 83.9 Å². The fraction of sp³-hybridized carbons (Fsp3) is 0.280. The zero-order chi connectivity index (χ0) is 47.1. The number of alkyl halides is 6. The van der Waals surface area contributed by atoms with Gasteiger partial charge < -0.3 is 24.4 Å². The van der Waals surface area contributed by atoms with Crippen molar-refractivity contribution in [3.8, 4) is 39.8 Å². The number of rotatable bonds is 18. The molecule has 0 amide bonds. The number of ether oxygens (including phenoxy) is 3. The van der Waals surface area contributed by atoms with Gasteiger partial charge >= 0.3 is 24.3 Å². The van der Waals surface area contributed by atoms with E-state index in [4.69, 9.17) is 24.4 Å². The second-order valence-electron chi connectivity index (χ2n) is 15.0. The summed E-state index contributed by atoms with van der Waals surface area (Å²) in [6, 6.07) is 32.6. The van der Waals surface area contributed by atoms with Crippen molar-refractivity contribution in [2.24, 2.45) is 0 Å². The van der Waals surface area contributed by atoms with E-state index in [1.165, 1.54) is 24.3 Å². The molecule has 65 heavy (non-hydrogen) atoms. The van der Waals surface area contributed by atoms with Crippen molar-refractivity contribution < 1.29 is 60.4 Å². The summed E-state index contributed by atoms with van der Waals surface area (Å²) >= 11 is 0. The molecule has 0 saturated heterocycles. The molecule has 2 N–H and O–H groups in total. The molecular weight excluding hydrogens is 855 g/mol. The van der Waals surface area contributed by atoms with Crippen molar-refractivity contribution in [1.29, 1.82) is 0 Å². The lowest BCUT2D eigenvalue weighted by atomic mass is 10.1. The van der Waals surface area contributed by atoms with Crippen LogP contribution in [0.3, 0.4) is 0 Å². The van der Waals surface area contributed by atoms with E-state index >= 15 is 0 Å². The first-order valence-electron chi connectivity index (χ1n) is 20.8. The third kappa shape index (κ3) is 14.8. The van der Waals surface area contributed by atoms with Crippen LogP contribution in [-0.4, -0.2) is 38.7 Å². The Morgan fingerprint density at radius 2 is 1.09 bits per heavy atom. The van der Waals surface area contributed by atoms with E-state index in [0.717, 1.165) is 55.5 Å². The Hall–Kier alpha value is -6.90. The molecule has 0 saturated carbocycles. The highest BCUT2D eigenvalue weighted by Crippen LogP contribution is 2.34. The number of benzene rings is 4. The Morgan fingerprint density at radius 3 is 1.54 bits per heavy atom. The molecule has 0 spiro atoms. The Balaban J connectivity index is 0.000000244. The van der Waals surface area contributed by atoms with Crippen LogP contribution >= 0.6 is 0 Å². The van der Waals surface area contributed by atoms with Gasteiger partial charge in [-0.05, 0) is 116 Å². The van der Waals surface area contributed by atoms with E-state index in [1.807, 2.05) is 25.1 Å². The van der Waals surface area contributed by atoms with Gasteiger partial charge in [0.2, 0.25) is 0 Å². The predicted molar refractivity (Wildman–Crippen MR) is 233 cm³/mol. The molecule has 15 heteroatoms. The molecule has 0 radical (unpaired) electrons. The zero-order valence-electron chi connectivity index (χ0n) is 35.8. The van der Waals surface area contributed by atoms with Crippen LogP contribution in [0, 0.1) is 6.92 Å². The third-order valence-electron chi connectivity index (χ3n) is 9.92. The monoisotopic (exact) mass is 902 g/mol. The standard InChI is InChI=1S/C25H24F3NO4.C25H24F3NO3/c1-3-5-23(33-19-12-13-22(16(2)14-19)32-15-24(30)31)21-7-4-6-20(29-21)17-8-10-18(11-9-17)25(26,27)28;1-2-3-7-23(32-20-14-8-17(9-15-20)16-24(30)31)22-6-4-5-21(29-22)18-10-12-19(13-11-18)25(26,27)28/h4,6-14,23H,3,5,15H2,1-2H3,(H,30,31);4-6,8-15,23H,2-3,7,16H2,1H3,(H,30,31). The van der Waals surface area contributed by atoms with Crippen LogP contribution < -0.4 is 14.2 Å². The number of aliphatic carboxylic acids is 2. The number of carboxylic acid groups (broad SMARTS) is 2. The average Bonchev–Trinajstić information content (AvgIpc) is 3.27. The van der Waals surface area contributed by atoms with Gasteiger partial charge in [-0.3, -0.25) is 4.79 Å². The van der Waals surface area contributed by atoms with Crippen LogP contribution in [-0.2, 0) is 28.4 Å². The quantitative estimate of drug-likeness (QED) is 0.0810. The van der Waals surface area contributed by atoms with Crippen molar-refractivity contribution in [3.05, 3.63) is 161 Å². The van der Waals surface area contributed by atoms with Gasteiger partial charge in [-0.25, -0.2) is 14.8 Å². The van der Waals surface area contributed by atoms with Gasteiger partial charge in [-0.1, -0.05) is 75.2 Å². The second-order valence-corrected chi connectivity index (χ2v) is 15.0. The maximum absolute atomic E-state index is 12.8. The van der Waals surface area contributed by atoms with E-state index in [2.05, 4.69) is 16.9 Å². The number of hydrogen-bond acceptors (Lipinski definition) is 7. The van der Waals surface area contributed by atoms with E-state index in [-0.39, 0.29) is 18.6 Å². The first-order valence-corrected chi connectivity index (χ1v) is 20.8. The molecule has 2 atom stereocenters. The Bertz CT molecular complexity index is 2480. The van der Waals surface area contributed by atoms with E-state index in [1.54, 1.807) is 67.6 Å². The normalized spacial score (nSPS) is 12.3. The maximum Gasteiger partial charge on any atom is 0.416 e. The summed E-state index contributed by atoms with van der Waals surface area (Å²) < 4.78 is 94.7. The summed E-state index contributed by atoms with van der Waals surface area (Å²) in [6.07, 6.45) is -5.43. The fourth-order valence-electron chi connectivity index (χ4n) is 6.61. The zero-order valence-corrected chi connectivity index (χ0v) is 35.8. The van der Waals surface area contributed by atoms with Crippen LogP contribution in [0.15, 0.2) is 127 Å². The van der Waals surface area contributed by atoms with Crippen LogP contribution in [0.25, 0.3) is 22.5 Å². The molecule has 0 bridgehead atoms. The highest BCUT2D eigenvalue weighted by Gasteiger charge is 2.31. The average molecular weight is 903 g/mol. The number of nitrogens with zero attached hydrogens (tertiary/aromatic N) is 2. The predicted octanol–water partition coefficient (Wildman–Crippen LogP) is 13.2. The number of halogens is 6. The summed E-state index contributed by atoms with van der Waals surface area (Å²) in [4.78, 5) is 30.9. The van der Waals surface area contributed by atoms with E-state index in [9.17, 15) is 35.9 Å². The van der Waals surface area contributed by atoms with Gasteiger partial charge in [0, 0.05) is 11.1 Å². The number of carbonyl (C=O) groups is 2. The largest absolute Gasteiger partial charge is 0.484 e. The SMILES string of the molecule is CCCC(Oc1ccc(OCC(=O)O)c(C)c1)c1cccc(-c2ccc(C(F)(F)F)cc2)n1.CCCCC(Oc1ccc(CC(=O)O)cc1)c1cccc(-c2ccc(C(F)(F)F)cc2)n1. The third-order valence-corrected chi connectivity index (χ3v) is 9.92. The van der Waals surface area contributed by atoms with Crippen LogP contribution in [0.4, 0.5) is 26.3 Å². The molecule has 342 valence electrons. The van der Waals surface area contributed by atoms with Gasteiger partial charge in [-0.15, -0.1) is 0 Å². The first-order chi connectivity index (χ1) is 30.9. The van der Waals surface area contributed by atoms with Gasteiger partial charge in [0.15, 0.2) is 6.61 Å². The lowest BCUT2D eigenvalue weighted by molar-refractivity contribution is -0.139. The Labute approximate surface area is 372 Å². The molecule has 9 nitrogen and oxygen atoms in total. The molecular formula is C50H48F6N2O7. The van der Waals surface area contributed by atoms with Crippen LogP contribution in [0.1, 0.15) is 91.8 Å². The summed E-state index contributed by atoms with van der Waals surface area (Å²) in [6.45, 7) is 5.45. The summed E-state index contributed by atoms with van der Waals surface area (Å²) in [5.41, 5.74) is 3.64. The Kier molecular flexibility index (Phi) is 17.1. The highest BCUT2D eigenvalue weighted by molar-refractivity contribution is 5.70. The topological polar surface area (TPSA) is 128 Å². The molecule has 0 aliphatic heterocycles. The molecule has 2 heterocycles. The van der Waals surface area contributed by atoms with Crippen molar-refractivity contribution in [2.75, 3.05) is 6.61 Å².